The third-order valence-corrected chi connectivity index (χ3v) is 4.07. The molecule has 2 aromatic rings. The van der Waals surface area contributed by atoms with Gasteiger partial charge in [-0.3, -0.25) is 4.79 Å². The number of nitrogens with one attached hydrogen (secondary N) is 1. The average Bonchev–Trinajstić information content (AvgIpc) is 2.60. The van der Waals surface area contributed by atoms with Crippen LogP contribution in [0.25, 0.3) is 6.08 Å². The highest BCUT2D eigenvalue weighted by atomic mass is 127. The van der Waals surface area contributed by atoms with Crippen molar-refractivity contribution in [3.05, 3.63) is 62.9 Å². The lowest BCUT2D eigenvalue weighted by Gasteiger charge is -2.13. The summed E-state index contributed by atoms with van der Waals surface area (Å²) in [5, 5.41) is 11.5. The molecule has 0 aliphatic heterocycles. The van der Waals surface area contributed by atoms with Crippen LogP contribution in [0.3, 0.4) is 0 Å². The van der Waals surface area contributed by atoms with Gasteiger partial charge < -0.3 is 19.9 Å². The van der Waals surface area contributed by atoms with E-state index in [9.17, 15) is 14.7 Å². The van der Waals surface area contributed by atoms with Crippen LogP contribution in [-0.2, 0) is 16.2 Å². The van der Waals surface area contributed by atoms with Crippen LogP contribution in [-0.4, -0.2) is 23.6 Å². The van der Waals surface area contributed by atoms with Gasteiger partial charge in [0.05, 0.1) is 6.61 Å². The van der Waals surface area contributed by atoms with E-state index in [1.807, 2.05) is 31.2 Å². The van der Waals surface area contributed by atoms with Gasteiger partial charge in [-0.25, -0.2) is 4.79 Å². The van der Waals surface area contributed by atoms with Crippen molar-refractivity contribution in [1.29, 1.82) is 0 Å². The van der Waals surface area contributed by atoms with Crippen LogP contribution in [0.2, 0.25) is 0 Å². The summed E-state index contributed by atoms with van der Waals surface area (Å²) in [7, 11) is 0. The van der Waals surface area contributed by atoms with Gasteiger partial charge in [0, 0.05) is 10.5 Å². The van der Waals surface area contributed by atoms with E-state index in [1.165, 1.54) is 13.0 Å². The van der Waals surface area contributed by atoms with Gasteiger partial charge in [0.25, 0.3) is 0 Å². The minimum Gasteiger partial charge on any atom is -0.490 e. The largest absolute Gasteiger partial charge is 0.490 e. The maximum Gasteiger partial charge on any atom is 0.352 e. The normalized spacial score (nSPS) is 11.0. The summed E-state index contributed by atoms with van der Waals surface area (Å²) >= 11 is 2.24. The molecule has 0 spiro atoms. The summed E-state index contributed by atoms with van der Waals surface area (Å²) in [6.07, 6.45) is 1.37. The number of carbonyl (C=O) groups excluding carboxylic acids is 1. The number of ether oxygens (including phenoxy) is 2. The number of carbonyl (C=O) groups is 2. The SMILES string of the molecule is CCOc1cc(C=C(NC(C)=O)C(=O)O)ccc1OCc1cccc(I)c1. The van der Waals surface area contributed by atoms with Gasteiger partial charge in [-0.15, -0.1) is 0 Å². The molecule has 0 aliphatic carbocycles. The highest BCUT2D eigenvalue weighted by molar-refractivity contribution is 14.1. The Morgan fingerprint density at radius 2 is 1.93 bits per heavy atom. The Morgan fingerprint density at radius 1 is 1.15 bits per heavy atom. The Morgan fingerprint density at radius 3 is 2.56 bits per heavy atom. The van der Waals surface area contributed by atoms with Gasteiger partial charge in [-0.05, 0) is 71.0 Å². The maximum absolute atomic E-state index is 11.3. The summed E-state index contributed by atoms with van der Waals surface area (Å²) in [5.41, 5.74) is 1.40. The van der Waals surface area contributed by atoms with Gasteiger partial charge in [0.15, 0.2) is 11.5 Å². The number of aliphatic carboxylic acids is 1. The summed E-state index contributed by atoms with van der Waals surface area (Å²) in [6.45, 7) is 3.93. The summed E-state index contributed by atoms with van der Waals surface area (Å²) in [4.78, 5) is 22.4. The zero-order valence-electron chi connectivity index (χ0n) is 15.0. The number of carboxylic acid groups (broad SMARTS) is 1. The predicted octanol–water partition coefficient (Wildman–Crippen LogP) is 3.83. The second-order valence-corrected chi connectivity index (χ2v) is 6.85. The standard InChI is InChI=1S/C20H20INO5/c1-3-26-19-11-14(10-17(20(24)25)22-13(2)23)7-8-18(19)27-12-15-5-4-6-16(21)9-15/h4-11H,3,12H2,1-2H3,(H,22,23)(H,24,25). The van der Waals surface area contributed by atoms with E-state index in [0.717, 1.165) is 9.13 Å². The first kappa shape index (κ1) is 20.8. The topological polar surface area (TPSA) is 84.9 Å². The molecule has 0 saturated heterocycles. The van der Waals surface area contributed by atoms with E-state index >= 15 is 0 Å². The molecular formula is C20H20INO5. The van der Waals surface area contributed by atoms with E-state index < -0.39 is 11.9 Å². The van der Waals surface area contributed by atoms with Crippen LogP contribution in [0.4, 0.5) is 0 Å². The number of halogens is 1. The molecule has 0 saturated carbocycles. The Balaban J connectivity index is 2.24. The summed E-state index contributed by atoms with van der Waals surface area (Å²) in [6, 6.07) is 13.1. The third kappa shape index (κ3) is 6.59. The van der Waals surface area contributed by atoms with Crippen molar-refractivity contribution in [2.24, 2.45) is 0 Å². The molecule has 0 heterocycles. The number of hydrogen-bond donors (Lipinski definition) is 2. The zero-order valence-corrected chi connectivity index (χ0v) is 17.1. The first-order chi connectivity index (χ1) is 12.9. The minimum atomic E-state index is -1.22. The molecule has 2 aromatic carbocycles. The number of amides is 1. The molecule has 2 rings (SSSR count). The van der Waals surface area contributed by atoms with Crippen molar-refractivity contribution >= 4 is 40.5 Å². The summed E-state index contributed by atoms with van der Waals surface area (Å²) < 4.78 is 12.6. The van der Waals surface area contributed by atoms with Gasteiger partial charge in [0.2, 0.25) is 5.91 Å². The maximum atomic E-state index is 11.3. The van der Waals surface area contributed by atoms with Gasteiger partial charge >= 0.3 is 5.97 Å². The molecule has 6 nitrogen and oxygen atoms in total. The Kier molecular flexibility index (Phi) is 7.66. The van der Waals surface area contributed by atoms with Crippen LogP contribution >= 0.6 is 22.6 Å². The molecule has 0 radical (unpaired) electrons. The number of carboxylic acids is 1. The molecular weight excluding hydrogens is 461 g/mol. The van der Waals surface area contributed by atoms with Crippen molar-refractivity contribution in [1.82, 2.24) is 5.32 Å². The fraction of sp³-hybridized carbons (Fsp3) is 0.200. The van der Waals surface area contributed by atoms with Crippen LogP contribution in [0.1, 0.15) is 25.0 Å². The Labute approximate surface area is 171 Å². The van der Waals surface area contributed by atoms with Crippen molar-refractivity contribution < 1.29 is 24.2 Å². The van der Waals surface area contributed by atoms with Gasteiger partial charge in [-0.2, -0.15) is 0 Å². The molecule has 0 aliphatic rings. The average molecular weight is 481 g/mol. The lowest BCUT2D eigenvalue weighted by Crippen LogP contribution is -2.24. The molecule has 1 amide bonds. The van der Waals surface area contributed by atoms with E-state index in [2.05, 4.69) is 27.9 Å². The van der Waals surface area contributed by atoms with Crippen molar-refractivity contribution in [3.63, 3.8) is 0 Å². The molecule has 0 aromatic heterocycles. The molecule has 2 N–H and O–H groups in total. The molecule has 7 heteroatoms. The molecule has 0 bridgehead atoms. The lowest BCUT2D eigenvalue weighted by atomic mass is 10.1. The minimum absolute atomic E-state index is 0.211. The van der Waals surface area contributed by atoms with E-state index in [1.54, 1.807) is 18.2 Å². The number of hydrogen-bond acceptors (Lipinski definition) is 4. The highest BCUT2D eigenvalue weighted by Gasteiger charge is 2.11. The van der Waals surface area contributed by atoms with Gasteiger partial charge in [0.1, 0.15) is 12.3 Å². The molecule has 0 unspecified atom stereocenters. The molecule has 0 atom stereocenters. The first-order valence-corrected chi connectivity index (χ1v) is 9.33. The Hall–Kier alpha value is -2.55. The number of rotatable bonds is 8. The van der Waals surface area contributed by atoms with Gasteiger partial charge in [-0.1, -0.05) is 18.2 Å². The molecule has 142 valence electrons. The predicted molar refractivity (Wildman–Crippen MR) is 111 cm³/mol. The molecule has 0 fully saturated rings. The fourth-order valence-corrected chi connectivity index (χ4v) is 2.91. The second-order valence-electron chi connectivity index (χ2n) is 5.60. The van der Waals surface area contributed by atoms with Crippen LogP contribution in [0, 0.1) is 3.57 Å². The number of benzene rings is 2. The summed E-state index contributed by atoms with van der Waals surface area (Å²) in [5.74, 6) is -0.609. The van der Waals surface area contributed by atoms with E-state index in [-0.39, 0.29) is 5.70 Å². The first-order valence-electron chi connectivity index (χ1n) is 8.25. The third-order valence-electron chi connectivity index (χ3n) is 3.40. The Bertz CT molecular complexity index is 863. The van der Waals surface area contributed by atoms with Crippen LogP contribution < -0.4 is 14.8 Å². The second kappa shape index (κ2) is 9.96. The highest BCUT2D eigenvalue weighted by Crippen LogP contribution is 2.30. The molecule has 27 heavy (non-hydrogen) atoms. The van der Waals surface area contributed by atoms with E-state index in [0.29, 0.717) is 30.3 Å². The van der Waals surface area contributed by atoms with Crippen molar-refractivity contribution in [3.8, 4) is 11.5 Å². The monoisotopic (exact) mass is 481 g/mol. The van der Waals surface area contributed by atoms with Crippen LogP contribution in [0.5, 0.6) is 11.5 Å². The van der Waals surface area contributed by atoms with Crippen molar-refractivity contribution in [2.75, 3.05) is 6.61 Å². The smallest absolute Gasteiger partial charge is 0.352 e. The quantitative estimate of drug-likeness (QED) is 0.443. The zero-order chi connectivity index (χ0) is 19.8. The van der Waals surface area contributed by atoms with Crippen molar-refractivity contribution in [2.45, 2.75) is 20.5 Å². The fourth-order valence-electron chi connectivity index (χ4n) is 2.30. The van der Waals surface area contributed by atoms with E-state index in [4.69, 9.17) is 9.47 Å². The lowest BCUT2D eigenvalue weighted by molar-refractivity contribution is -0.134. The van der Waals surface area contributed by atoms with Crippen LogP contribution in [0.15, 0.2) is 48.2 Å².